The fourth-order valence-corrected chi connectivity index (χ4v) is 3.81. The largest absolute Gasteiger partial charge is 0.329 e. The van der Waals surface area contributed by atoms with E-state index >= 15 is 0 Å². The molecule has 2 N–H and O–H groups in total. The Morgan fingerprint density at radius 1 is 1.24 bits per heavy atom. The van der Waals surface area contributed by atoms with E-state index in [0.717, 1.165) is 6.54 Å². The van der Waals surface area contributed by atoms with Crippen LogP contribution in [0.25, 0.3) is 0 Å². The Balaban J connectivity index is 2.08. The Bertz CT molecular complexity index is 327. The van der Waals surface area contributed by atoms with Crippen LogP contribution in [-0.4, -0.2) is 24.5 Å². The zero-order valence-electron chi connectivity index (χ0n) is 10.8. The molecule has 1 aliphatic rings. The second-order valence-electron chi connectivity index (χ2n) is 5.02. The highest BCUT2D eigenvalue weighted by atomic mass is 32.1. The molecular formula is C14H24N2S. The summed E-state index contributed by atoms with van der Waals surface area (Å²) in [5.41, 5.74) is 7.43. The Morgan fingerprint density at radius 2 is 1.88 bits per heavy atom. The highest BCUT2D eigenvalue weighted by molar-refractivity contribution is 7.10. The molecule has 1 aliphatic heterocycles. The monoisotopic (exact) mass is 252 g/mol. The topological polar surface area (TPSA) is 29.3 Å². The first-order valence-electron chi connectivity index (χ1n) is 6.81. The molecule has 1 saturated heterocycles. The lowest BCUT2D eigenvalue weighted by Gasteiger charge is -2.32. The van der Waals surface area contributed by atoms with Gasteiger partial charge in [-0.2, -0.15) is 0 Å². The van der Waals surface area contributed by atoms with Gasteiger partial charge < -0.3 is 5.73 Å². The number of nitrogens with zero attached hydrogens (tertiary/aromatic N) is 1. The standard InChI is InChI=1S/C14H24N2S/c1-12-7-10-17-14(12)13(11-15)16-8-5-3-2-4-6-9-16/h7,10,13H,2-6,8-9,11,15H2,1H3. The van der Waals surface area contributed by atoms with Gasteiger partial charge in [-0.1, -0.05) is 19.3 Å². The van der Waals surface area contributed by atoms with E-state index in [1.54, 1.807) is 0 Å². The van der Waals surface area contributed by atoms with Crippen molar-refractivity contribution in [2.75, 3.05) is 19.6 Å². The molecule has 0 spiro atoms. The predicted molar refractivity (Wildman–Crippen MR) is 75.5 cm³/mol. The summed E-state index contributed by atoms with van der Waals surface area (Å²) in [5.74, 6) is 0. The van der Waals surface area contributed by atoms with Crippen LogP contribution < -0.4 is 5.73 Å². The maximum absolute atomic E-state index is 6.02. The molecule has 0 saturated carbocycles. The van der Waals surface area contributed by atoms with Gasteiger partial charge in [0, 0.05) is 11.4 Å². The lowest BCUT2D eigenvalue weighted by molar-refractivity contribution is 0.186. The second-order valence-corrected chi connectivity index (χ2v) is 5.97. The second kappa shape index (κ2) is 6.53. The molecule has 1 fully saturated rings. The first-order chi connectivity index (χ1) is 8.33. The third-order valence-corrected chi connectivity index (χ3v) is 4.88. The lowest BCUT2D eigenvalue weighted by atomic mass is 10.0. The average molecular weight is 252 g/mol. The molecule has 0 radical (unpaired) electrons. The van der Waals surface area contributed by atoms with E-state index in [1.165, 1.54) is 55.6 Å². The maximum Gasteiger partial charge on any atom is 0.0566 e. The molecule has 1 aromatic rings. The van der Waals surface area contributed by atoms with Gasteiger partial charge in [0.2, 0.25) is 0 Å². The minimum atomic E-state index is 0.452. The first-order valence-corrected chi connectivity index (χ1v) is 7.69. The van der Waals surface area contributed by atoms with Crippen LogP contribution in [0.15, 0.2) is 11.4 Å². The van der Waals surface area contributed by atoms with Gasteiger partial charge in [0.05, 0.1) is 6.04 Å². The van der Waals surface area contributed by atoms with Gasteiger partial charge in [0.1, 0.15) is 0 Å². The summed E-state index contributed by atoms with van der Waals surface area (Å²) in [5, 5.41) is 2.19. The first kappa shape index (κ1) is 13.1. The van der Waals surface area contributed by atoms with Crippen LogP contribution >= 0.6 is 11.3 Å². The molecule has 17 heavy (non-hydrogen) atoms. The summed E-state index contributed by atoms with van der Waals surface area (Å²) >= 11 is 1.87. The van der Waals surface area contributed by atoms with E-state index in [2.05, 4.69) is 23.3 Å². The molecule has 1 unspecified atom stereocenters. The third-order valence-electron chi connectivity index (χ3n) is 3.76. The lowest BCUT2D eigenvalue weighted by Crippen LogP contribution is -2.35. The fraction of sp³-hybridized carbons (Fsp3) is 0.714. The number of thiophene rings is 1. The summed E-state index contributed by atoms with van der Waals surface area (Å²) in [7, 11) is 0. The summed E-state index contributed by atoms with van der Waals surface area (Å²) in [6, 6.07) is 2.67. The number of hydrogen-bond acceptors (Lipinski definition) is 3. The van der Waals surface area contributed by atoms with Gasteiger partial charge in [0.25, 0.3) is 0 Å². The predicted octanol–water partition coefficient (Wildman–Crippen LogP) is 3.32. The van der Waals surface area contributed by atoms with Crippen LogP contribution in [0.3, 0.4) is 0 Å². The van der Waals surface area contributed by atoms with E-state index in [-0.39, 0.29) is 0 Å². The van der Waals surface area contributed by atoms with Gasteiger partial charge in [-0.15, -0.1) is 11.3 Å². The van der Waals surface area contributed by atoms with Crippen LogP contribution in [0.5, 0.6) is 0 Å². The van der Waals surface area contributed by atoms with Crippen molar-refractivity contribution in [2.24, 2.45) is 5.73 Å². The van der Waals surface area contributed by atoms with E-state index in [0.29, 0.717) is 6.04 Å². The summed E-state index contributed by atoms with van der Waals surface area (Å²) in [4.78, 5) is 4.09. The summed E-state index contributed by atoms with van der Waals surface area (Å²) in [6.07, 6.45) is 6.86. The van der Waals surface area contributed by atoms with Gasteiger partial charge in [0.15, 0.2) is 0 Å². The van der Waals surface area contributed by atoms with Crippen molar-refractivity contribution in [3.63, 3.8) is 0 Å². The van der Waals surface area contributed by atoms with Gasteiger partial charge in [-0.25, -0.2) is 0 Å². The van der Waals surface area contributed by atoms with Crippen LogP contribution in [0.2, 0.25) is 0 Å². The van der Waals surface area contributed by atoms with Gasteiger partial charge in [-0.3, -0.25) is 4.90 Å². The zero-order valence-corrected chi connectivity index (χ0v) is 11.6. The molecule has 0 aromatic carbocycles. The minimum Gasteiger partial charge on any atom is -0.329 e. The van der Waals surface area contributed by atoms with E-state index < -0.39 is 0 Å². The van der Waals surface area contributed by atoms with Crippen molar-refractivity contribution in [1.82, 2.24) is 4.90 Å². The van der Waals surface area contributed by atoms with Crippen molar-refractivity contribution in [2.45, 2.75) is 45.1 Å². The molecule has 1 aromatic heterocycles. The number of hydrogen-bond donors (Lipinski definition) is 1. The normalized spacial score (nSPS) is 20.8. The molecule has 1 atom stereocenters. The van der Waals surface area contributed by atoms with Crippen molar-refractivity contribution >= 4 is 11.3 Å². The van der Waals surface area contributed by atoms with Crippen molar-refractivity contribution in [1.29, 1.82) is 0 Å². The van der Waals surface area contributed by atoms with Crippen molar-refractivity contribution < 1.29 is 0 Å². The number of aryl methyl sites for hydroxylation is 1. The average Bonchev–Trinajstić information content (AvgIpc) is 2.69. The maximum atomic E-state index is 6.02. The smallest absolute Gasteiger partial charge is 0.0566 e. The molecule has 0 aliphatic carbocycles. The highest BCUT2D eigenvalue weighted by Crippen LogP contribution is 2.29. The Kier molecular flexibility index (Phi) is 5.01. The molecule has 2 heterocycles. The molecule has 2 nitrogen and oxygen atoms in total. The zero-order chi connectivity index (χ0) is 12.1. The van der Waals surface area contributed by atoms with Crippen LogP contribution in [0, 0.1) is 6.92 Å². The number of nitrogens with two attached hydrogens (primary N) is 1. The quantitative estimate of drug-likeness (QED) is 0.894. The molecule has 2 rings (SSSR count). The minimum absolute atomic E-state index is 0.452. The summed E-state index contributed by atoms with van der Waals surface area (Å²) in [6.45, 7) is 5.40. The molecule has 3 heteroatoms. The van der Waals surface area contributed by atoms with Crippen molar-refractivity contribution in [3.05, 3.63) is 21.9 Å². The van der Waals surface area contributed by atoms with Gasteiger partial charge >= 0.3 is 0 Å². The molecule has 96 valence electrons. The van der Waals surface area contributed by atoms with Crippen LogP contribution in [-0.2, 0) is 0 Å². The molecular weight excluding hydrogens is 228 g/mol. The van der Waals surface area contributed by atoms with Crippen LogP contribution in [0.1, 0.15) is 48.6 Å². The highest BCUT2D eigenvalue weighted by Gasteiger charge is 2.21. The van der Waals surface area contributed by atoms with E-state index in [9.17, 15) is 0 Å². The SMILES string of the molecule is Cc1ccsc1C(CN)N1CCCCCCC1. The Hall–Kier alpha value is -0.380. The Morgan fingerprint density at radius 3 is 2.41 bits per heavy atom. The third kappa shape index (κ3) is 3.30. The van der Waals surface area contributed by atoms with E-state index in [1.807, 2.05) is 11.3 Å². The Labute approximate surface area is 109 Å². The van der Waals surface area contributed by atoms with Crippen molar-refractivity contribution in [3.8, 4) is 0 Å². The number of likely N-dealkylation sites (tertiary alicyclic amines) is 1. The fourth-order valence-electron chi connectivity index (χ4n) is 2.73. The molecule has 0 amide bonds. The number of rotatable bonds is 3. The summed E-state index contributed by atoms with van der Waals surface area (Å²) < 4.78 is 0. The van der Waals surface area contributed by atoms with E-state index in [4.69, 9.17) is 5.73 Å². The molecule has 0 bridgehead atoms. The van der Waals surface area contributed by atoms with Crippen LogP contribution in [0.4, 0.5) is 0 Å². The van der Waals surface area contributed by atoms with Gasteiger partial charge in [-0.05, 0) is 49.9 Å².